The summed E-state index contributed by atoms with van der Waals surface area (Å²) < 4.78 is 19.9. The molecule has 0 fully saturated rings. The molecular formula is C5H13O4P. The van der Waals surface area contributed by atoms with Crippen LogP contribution < -0.4 is 0 Å². The van der Waals surface area contributed by atoms with Gasteiger partial charge in [-0.05, 0) is 6.92 Å². The van der Waals surface area contributed by atoms with Crippen molar-refractivity contribution in [2.24, 2.45) is 0 Å². The third-order valence-electron chi connectivity index (χ3n) is 0.942. The van der Waals surface area contributed by atoms with Crippen molar-refractivity contribution in [2.45, 2.75) is 13.8 Å². The molecule has 62 valence electrons. The number of rotatable bonds is 5. The van der Waals surface area contributed by atoms with Gasteiger partial charge in [0, 0.05) is 12.8 Å². The van der Waals surface area contributed by atoms with Gasteiger partial charge in [0.15, 0.2) is 6.79 Å². The van der Waals surface area contributed by atoms with E-state index < -0.39 is 7.60 Å². The van der Waals surface area contributed by atoms with Crippen LogP contribution in [0.4, 0.5) is 0 Å². The first-order valence-electron chi connectivity index (χ1n) is 3.16. The molecule has 0 aromatic heterocycles. The van der Waals surface area contributed by atoms with Gasteiger partial charge in [0.2, 0.25) is 0 Å². The van der Waals surface area contributed by atoms with Crippen LogP contribution in [0.1, 0.15) is 13.8 Å². The zero-order valence-electron chi connectivity index (χ0n) is 6.24. The monoisotopic (exact) mass is 168 g/mol. The molecule has 0 aromatic rings. The quantitative estimate of drug-likeness (QED) is 0.380. The third-order valence-corrected chi connectivity index (χ3v) is 2.25. The average Bonchev–Trinajstić information content (AvgIpc) is 1.89. The molecule has 0 saturated carbocycles. The number of hydrogen-bond acceptors (Lipinski definition) is 3. The minimum atomic E-state index is -3.33. The van der Waals surface area contributed by atoms with E-state index in [1.165, 1.54) is 0 Å². The van der Waals surface area contributed by atoms with Gasteiger partial charge in [-0.15, -0.1) is 0 Å². The molecule has 0 aliphatic heterocycles. The van der Waals surface area contributed by atoms with Crippen molar-refractivity contribution >= 4 is 7.60 Å². The molecule has 0 spiro atoms. The fourth-order valence-electron chi connectivity index (χ4n) is 0.294. The van der Waals surface area contributed by atoms with E-state index in [-0.39, 0.29) is 13.0 Å². The van der Waals surface area contributed by atoms with Crippen LogP contribution in [0.2, 0.25) is 0 Å². The van der Waals surface area contributed by atoms with Gasteiger partial charge in [0.25, 0.3) is 0 Å². The summed E-state index contributed by atoms with van der Waals surface area (Å²) in [6, 6.07) is 0. The van der Waals surface area contributed by atoms with Crippen LogP contribution >= 0.6 is 7.60 Å². The molecule has 0 radical (unpaired) electrons. The first-order valence-corrected chi connectivity index (χ1v) is 4.92. The summed E-state index contributed by atoms with van der Waals surface area (Å²) in [5.41, 5.74) is 0. The Labute approximate surface area is 60.7 Å². The first-order chi connectivity index (χ1) is 4.62. The topological polar surface area (TPSA) is 55.8 Å². The Morgan fingerprint density at radius 3 is 2.50 bits per heavy atom. The molecule has 10 heavy (non-hydrogen) atoms. The second-order valence-corrected chi connectivity index (χ2v) is 3.86. The van der Waals surface area contributed by atoms with E-state index in [0.717, 1.165) is 0 Å². The Balaban J connectivity index is 3.38. The molecule has 0 saturated heterocycles. The lowest BCUT2D eigenvalue weighted by Crippen LogP contribution is -1.98. The summed E-state index contributed by atoms with van der Waals surface area (Å²) in [5.74, 6) is 0. The van der Waals surface area contributed by atoms with Gasteiger partial charge >= 0.3 is 7.60 Å². The summed E-state index contributed by atoms with van der Waals surface area (Å²) in [5, 5.41) is 0. The molecule has 0 aliphatic rings. The van der Waals surface area contributed by atoms with Gasteiger partial charge < -0.3 is 9.63 Å². The number of hydrogen-bond donors (Lipinski definition) is 1. The zero-order valence-corrected chi connectivity index (χ0v) is 7.13. The smallest absolute Gasteiger partial charge is 0.329 e. The predicted octanol–water partition coefficient (Wildman–Crippen LogP) is 1.20. The Hall–Kier alpha value is 0.110. The highest BCUT2D eigenvalue weighted by Gasteiger charge is 2.14. The van der Waals surface area contributed by atoms with E-state index in [9.17, 15) is 4.57 Å². The van der Waals surface area contributed by atoms with Crippen LogP contribution in [0.5, 0.6) is 0 Å². The van der Waals surface area contributed by atoms with E-state index in [1.807, 2.05) is 0 Å². The largest absolute Gasteiger partial charge is 0.355 e. The molecule has 0 rings (SSSR count). The second-order valence-electron chi connectivity index (χ2n) is 1.69. The maximum Gasteiger partial charge on any atom is 0.329 e. The minimum Gasteiger partial charge on any atom is -0.355 e. The highest BCUT2D eigenvalue weighted by Crippen LogP contribution is 2.40. The number of ether oxygens (including phenoxy) is 1. The minimum absolute atomic E-state index is 0.0991. The molecule has 5 heteroatoms. The molecule has 0 heterocycles. The fraction of sp³-hybridized carbons (Fsp3) is 1.00. The average molecular weight is 168 g/mol. The lowest BCUT2D eigenvalue weighted by atomic mass is 10.9. The van der Waals surface area contributed by atoms with Gasteiger partial charge in [-0.1, -0.05) is 6.92 Å². The maximum atomic E-state index is 10.7. The summed E-state index contributed by atoms with van der Waals surface area (Å²) in [6.07, 6.45) is 0.125. The summed E-state index contributed by atoms with van der Waals surface area (Å²) in [4.78, 5) is 8.80. The normalized spacial score (nSPS) is 16.7. The molecule has 1 unspecified atom stereocenters. The molecule has 1 N–H and O–H groups in total. The summed E-state index contributed by atoms with van der Waals surface area (Å²) in [6.45, 7) is 3.77. The zero-order chi connectivity index (χ0) is 8.04. The van der Waals surface area contributed by atoms with Crippen molar-refractivity contribution in [2.75, 3.05) is 19.6 Å². The highest BCUT2D eigenvalue weighted by molar-refractivity contribution is 7.52. The van der Waals surface area contributed by atoms with Crippen molar-refractivity contribution in [3.05, 3.63) is 0 Å². The Bertz CT molecular complexity index is 125. The second kappa shape index (κ2) is 4.85. The van der Waals surface area contributed by atoms with E-state index in [1.54, 1.807) is 13.8 Å². The van der Waals surface area contributed by atoms with Gasteiger partial charge in [-0.2, -0.15) is 0 Å². The lowest BCUT2D eigenvalue weighted by molar-refractivity contribution is 0.0162. The Morgan fingerprint density at radius 1 is 1.50 bits per heavy atom. The van der Waals surface area contributed by atoms with Crippen molar-refractivity contribution in [3.63, 3.8) is 0 Å². The van der Waals surface area contributed by atoms with E-state index in [4.69, 9.17) is 9.63 Å². The lowest BCUT2D eigenvalue weighted by Gasteiger charge is -2.08. The Kier molecular flexibility index (Phi) is 4.91. The standard InChI is InChI=1S/C5H13O4P/c1-3-8-5-9-10(6,7)4-2/h3-5H2,1-2H3,(H,6,7). The van der Waals surface area contributed by atoms with Crippen LogP contribution in [0.25, 0.3) is 0 Å². The Morgan fingerprint density at radius 2 is 2.10 bits per heavy atom. The summed E-state index contributed by atoms with van der Waals surface area (Å²) in [7, 11) is -3.33. The SMILES string of the molecule is CCOCOP(=O)(O)CC. The van der Waals surface area contributed by atoms with Crippen molar-refractivity contribution in [1.82, 2.24) is 0 Å². The van der Waals surface area contributed by atoms with E-state index in [2.05, 4.69) is 4.52 Å². The first kappa shape index (κ1) is 10.1. The predicted molar refractivity (Wildman–Crippen MR) is 37.9 cm³/mol. The molecule has 4 nitrogen and oxygen atoms in total. The molecule has 0 amide bonds. The fourth-order valence-corrected chi connectivity index (χ4v) is 0.716. The van der Waals surface area contributed by atoms with Crippen LogP contribution in [0.3, 0.4) is 0 Å². The van der Waals surface area contributed by atoms with Crippen LogP contribution in [-0.4, -0.2) is 24.5 Å². The van der Waals surface area contributed by atoms with Gasteiger partial charge in [0.1, 0.15) is 0 Å². The molecule has 0 aromatic carbocycles. The van der Waals surface area contributed by atoms with Crippen LogP contribution in [-0.2, 0) is 13.8 Å². The summed E-state index contributed by atoms with van der Waals surface area (Å²) >= 11 is 0. The van der Waals surface area contributed by atoms with Crippen molar-refractivity contribution < 1.29 is 18.7 Å². The van der Waals surface area contributed by atoms with Crippen molar-refractivity contribution in [1.29, 1.82) is 0 Å². The van der Waals surface area contributed by atoms with E-state index in [0.29, 0.717) is 6.61 Å². The van der Waals surface area contributed by atoms with Gasteiger partial charge in [-0.25, -0.2) is 0 Å². The molecule has 1 atom stereocenters. The molecular weight excluding hydrogens is 155 g/mol. The highest BCUT2D eigenvalue weighted by atomic mass is 31.2. The maximum absolute atomic E-state index is 10.7. The third kappa shape index (κ3) is 4.94. The van der Waals surface area contributed by atoms with Crippen molar-refractivity contribution in [3.8, 4) is 0 Å². The van der Waals surface area contributed by atoms with Crippen LogP contribution in [0, 0.1) is 0 Å². The van der Waals surface area contributed by atoms with E-state index >= 15 is 0 Å². The molecule has 0 aliphatic carbocycles. The molecule has 0 bridgehead atoms. The van der Waals surface area contributed by atoms with Gasteiger partial charge in [0.05, 0.1) is 0 Å². The van der Waals surface area contributed by atoms with Gasteiger partial charge in [-0.3, -0.25) is 9.09 Å². The van der Waals surface area contributed by atoms with Crippen LogP contribution in [0.15, 0.2) is 0 Å².